The lowest BCUT2D eigenvalue weighted by Gasteiger charge is -2.14. The highest BCUT2D eigenvalue weighted by Crippen LogP contribution is 2.16. The molecule has 2 heterocycles. The van der Waals surface area contributed by atoms with E-state index in [9.17, 15) is 14.7 Å². The normalized spacial score (nSPS) is 12.0. The molecule has 0 saturated heterocycles. The molecule has 3 aromatic rings. The molecule has 4 N–H and O–H groups in total. The van der Waals surface area contributed by atoms with Crippen molar-refractivity contribution in [3.05, 3.63) is 56.7 Å². The van der Waals surface area contributed by atoms with E-state index in [1.165, 1.54) is 17.2 Å². The summed E-state index contributed by atoms with van der Waals surface area (Å²) in [6, 6.07) is 10.2. The summed E-state index contributed by atoms with van der Waals surface area (Å²) in [5, 5.41) is 15.9. The highest BCUT2D eigenvalue weighted by Gasteiger charge is 2.21. The van der Waals surface area contributed by atoms with Crippen molar-refractivity contribution in [2.75, 3.05) is 25.0 Å². The van der Waals surface area contributed by atoms with E-state index in [-0.39, 0.29) is 19.0 Å². The number of fused-ring (bicyclic) bond motifs is 1. The maximum absolute atomic E-state index is 12.8. The molecule has 0 aliphatic heterocycles. The number of rotatable bonds is 10. The standard InChI is InChI=1S/C21H30N6O3.ClH/c1-4-11-23-20-24-18-17(19(29)26(3)21(30)25(18)2)27(20)14-16(28)13-22-12-10-15-8-6-5-7-9-15;/h5-9,16,22,28H,4,10-14H2,1-3H3,(H,23,24);1H. The van der Waals surface area contributed by atoms with Gasteiger partial charge in [0.25, 0.3) is 5.56 Å². The molecule has 0 spiro atoms. The number of hydrogen-bond donors (Lipinski definition) is 3. The van der Waals surface area contributed by atoms with Gasteiger partial charge in [-0.3, -0.25) is 13.9 Å². The minimum atomic E-state index is -0.665. The van der Waals surface area contributed by atoms with Gasteiger partial charge in [-0.15, -0.1) is 0 Å². The van der Waals surface area contributed by atoms with Crippen LogP contribution in [0.4, 0.5) is 5.95 Å². The van der Waals surface area contributed by atoms with E-state index in [1.807, 2.05) is 25.1 Å². The number of quaternary nitrogens is 1. The van der Waals surface area contributed by atoms with Crippen LogP contribution in [0.25, 0.3) is 11.2 Å². The summed E-state index contributed by atoms with van der Waals surface area (Å²) in [7, 11) is 3.05. The molecule has 0 radical (unpaired) electrons. The van der Waals surface area contributed by atoms with Gasteiger partial charge in [-0.25, -0.2) is 4.79 Å². The number of imidazole rings is 1. The molecule has 0 aliphatic rings. The van der Waals surface area contributed by atoms with Crippen molar-refractivity contribution in [2.24, 2.45) is 14.1 Å². The van der Waals surface area contributed by atoms with Crippen LogP contribution in [0.15, 0.2) is 39.9 Å². The van der Waals surface area contributed by atoms with Gasteiger partial charge in [-0.05, 0) is 12.0 Å². The number of anilines is 1. The van der Waals surface area contributed by atoms with Crippen molar-refractivity contribution in [2.45, 2.75) is 32.4 Å². The predicted molar refractivity (Wildman–Crippen MR) is 117 cm³/mol. The second kappa shape index (κ2) is 11.1. The fourth-order valence-corrected chi connectivity index (χ4v) is 3.50. The Bertz CT molecular complexity index is 1110. The van der Waals surface area contributed by atoms with E-state index < -0.39 is 17.4 Å². The first-order valence-electron chi connectivity index (χ1n) is 10.4. The Morgan fingerprint density at radius 1 is 1.16 bits per heavy atom. The number of nitrogens with two attached hydrogens (primary N) is 1. The lowest BCUT2D eigenvalue weighted by atomic mass is 10.1. The van der Waals surface area contributed by atoms with Gasteiger partial charge < -0.3 is 32.7 Å². The molecular formula is C21H31ClN6O3. The van der Waals surface area contributed by atoms with Crippen LogP contribution < -0.4 is 34.3 Å². The predicted octanol–water partition coefficient (Wildman–Crippen LogP) is -3.57. The summed E-state index contributed by atoms with van der Waals surface area (Å²) in [5.41, 5.74) is 1.07. The summed E-state index contributed by atoms with van der Waals surface area (Å²) in [6.45, 7) is 4.30. The topological polar surface area (TPSA) is 111 Å². The van der Waals surface area contributed by atoms with E-state index in [4.69, 9.17) is 0 Å². The van der Waals surface area contributed by atoms with E-state index in [0.29, 0.717) is 30.2 Å². The number of aromatic nitrogens is 4. The Balaban J connectivity index is 0.00000341. The quantitative estimate of drug-likeness (QED) is 0.277. The van der Waals surface area contributed by atoms with Gasteiger partial charge in [0.2, 0.25) is 5.95 Å². The fourth-order valence-electron chi connectivity index (χ4n) is 3.50. The summed E-state index contributed by atoms with van der Waals surface area (Å²) in [6.07, 6.45) is 1.14. The molecule has 0 aliphatic carbocycles. The van der Waals surface area contributed by atoms with Gasteiger partial charge in [0, 0.05) is 27.1 Å². The van der Waals surface area contributed by atoms with Crippen LogP contribution in [-0.4, -0.2) is 49.5 Å². The van der Waals surface area contributed by atoms with Gasteiger partial charge >= 0.3 is 5.69 Å². The SMILES string of the molecule is CCCNc1nc2c(c(=O)n(C)c(=O)n2C)n1CC(O)C[NH2+]CCc1ccccc1.[Cl-]. The molecule has 3 rings (SSSR count). The Hall–Kier alpha value is -2.62. The van der Waals surface area contributed by atoms with Crippen molar-refractivity contribution in [3.8, 4) is 0 Å². The number of hydrogen-bond acceptors (Lipinski definition) is 5. The van der Waals surface area contributed by atoms with Crippen LogP contribution in [0.5, 0.6) is 0 Å². The van der Waals surface area contributed by atoms with Crippen LogP contribution in [0.2, 0.25) is 0 Å². The molecule has 9 nitrogen and oxygen atoms in total. The van der Waals surface area contributed by atoms with Crippen LogP contribution in [0.1, 0.15) is 18.9 Å². The number of aryl methyl sites for hydroxylation is 1. The molecule has 0 saturated carbocycles. The average Bonchev–Trinajstić information content (AvgIpc) is 3.11. The second-order valence-corrected chi connectivity index (χ2v) is 7.55. The molecule has 1 unspecified atom stereocenters. The largest absolute Gasteiger partial charge is 1.00 e. The molecular weight excluding hydrogens is 420 g/mol. The maximum Gasteiger partial charge on any atom is 0.332 e. The first-order valence-corrected chi connectivity index (χ1v) is 10.4. The van der Waals surface area contributed by atoms with Gasteiger partial charge in [0.15, 0.2) is 11.2 Å². The summed E-state index contributed by atoms with van der Waals surface area (Å²) in [4.78, 5) is 29.5. The molecule has 1 atom stereocenters. The molecule has 31 heavy (non-hydrogen) atoms. The minimum Gasteiger partial charge on any atom is -1.00 e. The van der Waals surface area contributed by atoms with E-state index in [1.54, 1.807) is 11.6 Å². The van der Waals surface area contributed by atoms with E-state index in [2.05, 4.69) is 27.8 Å². The van der Waals surface area contributed by atoms with Crippen molar-refractivity contribution in [3.63, 3.8) is 0 Å². The third-order valence-electron chi connectivity index (χ3n) is 5.19. The third-order valence-corrected chi connectivity index (χ3v) is 5.19. The zero-order valence-electron chi connectivity index (χ0n) is 18.2. The van der Waals surface area contributed by atoms with Crippen LogP contribution in [0.3, 0.4) is 0 Å². The molecule has 170 valence electrons. The van der Waals surface area contributed by atoms with Crippen LogP contribution >= 0.6 is 0 Å². The number of nitrogens with one attached hydrogen (secondary N) is 1. The number of halogens is 1. The number of nitrogens with zero attached hydrogens (tertiary/aromatic N) is 4. The highest BCUT2D eigenvalue weighted by atomic mass is 35.5. The monoisotopic (exact) mass is 450 g/mol. The van der Waals surface area contributed by atoms with Gasteiger partial charge in [-0.1, -0.05) is 37.3 Å². The van der Waals surface area contributed by atoms with Crippen molar-refractivity contribution in [1.29, 1.82) is 0 Å². The molecule has 0 fully saturated rings. The summed E-state index contributed by atoms with van der Waals surface area (Å²) in [5.74, 6) is 0.494. The average molecular weight is 451 g/mol. The third kappa shape index (κ3) is 5.55. The Morgan fingerprint density at radius 2 is 1.87 bits per heavy atom. The minimum absolute atomic E-state index is 0. The molecule has 10 heteroatoms. The highest BCUT2D eigenvalue weighted by molar-refractivity contribution is 5.74. The Kier molecular flexibility index (Phi) is 8.85. The Labute approximate surface area is 187 Å². The first-order chi connectivity index (χ1) is 14.4. The maximum atomic E-state index is 12.8. The fraction of sp³-hybridized carbons (Fsp3) is 0.476. The zero-order chi connectivity index (χ0) is 21.7. The smallest absolute Gasteiger partial charge is 0.332 e. The second-order valence-electron chi connectivity index (χ2n) is 7.55. The molecule has 2 aromatic heterocycles. The van der Waals surface area contributed by atoms with Gasteiger partial charge in [0.1, 0.15) is 12.6 Å². The van der Waals surface area contributed by atoms with Crippen molar-refractivity contribution in [1.82, 2.24) is 18.7 Å². The van der Waals surface area contributed by atoms with Gasteiger partial charge in [0.05, 0.1) is 13.1 Å². The van der Waals surface area contributed by atoms with Crippen LogP contribution in [0, 0.1) is 0 Å². The van der Waals surface area contributed by atoms with E-state index in [0.717, 1.165) is 24.0 Å². The van der Waals surface area contributed by atoms with Gasteiger partial charge in [-0.2, -0.15) is 4.98 Å². The van der Waals surface area contributed by atoms with Crippen molar-refractivity contribution < 1.29 is 22.8 Å². The number of benzene rings is 1. The lowest BCUT2D eigenvalue weighted by molar-refractivity contribution is -0.660. The zero-order valence-corrected chi connectivity index (χ0v) is 19.0. The van der Waals surface area contributed by atoms with Crippen molar-refractivity contribution >= 4 is 17.1 Å². The lowest BCUT2D eigenvalue weighted by Crippen LogP contribution is -3.00. The first kappa shape index (κ1) is 24.6. The Morgan fingerprint density at radius 3 is 2.55 bits per heavy atom. The van der Waals surface area contributed by atoms with Crippen LogP contribution in [-0.2, 0) is 27.1 Å². The molecule has 0 bridgehead atoms. The molecule has 1 aromatic carbocycles. The summed E-state index contributed by atoms with van der Waals surface area (Å²) < 4.78 is 4.13. The van der Waals surface area contributed by atoms with E-state index >= 15 is 0 Å². The number of aliphatic hydroxyl groups is 1. The molecule has 0 amide bonds. The summed E-state index contributed by atoms with van der Waals surface area (Å²) >= 11 is 0. The number of aliphatic hydroxyl groups excluding tert-OH is 1.